The lowest BCUT2D eigenvalue weighted by Gasteiger charge is -2.39. The lowest BCUT2D eigenvalue weighted by Crippen LogP contribution is -2.53. The van der Waals surface area contributed by atoms with Crippen molar-refractivity contribution in [2.75, 3.05) is 53.0 Å². The molecule has 2 fully saturated rings. The molecule has 1 aromatic heterocycles. The molecule has 0 aromatic carbocycles. The molecule has 0 N–H and O–H groups in total. The van der Waals surface area contributed by atoms with Crippen molar-refractivity contribution in [3.8, 4) is 0 Å². The Labute approximate surface area is 161 Å². The monoisotopic (exact) mass is 377 g/mol. The highest BCUT2D eigenvalue weighted by Crippen LogP contribution is 2.19. The fraction of sp³-hybridized carbons (Fsp3) is 0.700. The molecule has 2 aliphatic heterocycles. The average Bonchev–Trinajstić information content (AvgIpc) is 3.39. The minimum atomic E-state index is -0.0235. The maximum atomic E-state index is 12.6. The minimum Gasteiger partial charge on any atom is -0.472 e. The smallest absolute Gasteiger partial charge is 0.257 e. The third-order valence-corrected chi connectivity index (χ3v) is 5.55. The molecular weight excluding hydrogens is 346 g/mol. The molecule has 27 heavy (non-hydrogen) atoms. The highest BCUT2D eigenvalue weighted by Gasteiger charge is 2.31. The molecule has 7 nitrogen and oxygen atoms in total. The first kappa shape index (κ1) is 19.9. The van der Waals surface area contributed by atoms with Gasteiger partial charge in [-0.25, -0.2) is 0 Å². The standard InChI is InChI=1S/C20H31N3O4/c1-26-16-19(24)23(12-5-10-21-8-2-3-9-21)18-6-4-11-22(14-18)20(25)17-7-13-27-15-17/h7,13,15,18H,2-6,8-12,14,16H2,1H3. The van der Waals surface area contributed by atoms with Gasteiger partial charge in [0.05, 0.1) is 11.8 Å². The Morgan fingerprint density at radius 3 is 2.78 bits per heavy atom. The number of carbonyl (C=O) groups excluding carboxylic acids is 2. The summed E-state index contributed by atoms with van der Waals surface area (Å²) in [6.45, 7) is 5.47. The lowest BCUT2D eigenvalue weighted by atomic mass is 10.0. The topological polar surface area (TPSA) is 66.2 Å². The van der Waals surface area contributed by atoms with Gasteiger partial charge in [-0.15, -0.1) is 0 Å². The van der Waals surface area contributed by atoms with Crippen LogP contribution in [0.5, 0.6) is 0 Å². The number of likely N-dealkylation sites (tertiary alicyclic amines) is 2. The molecule has 2 saturated heterocycles. The zero-order valence-electron chi connectivity index (χ0n) is 16.3. The molecule has 3 rings (SSSR count). The van der Waals surface area contributed by atoms with E-state index in [0.29, 0.717) is 12.1 Å². The summed E-state index contributed by atoms with van der Waals surface area (Å²) in [4.78, 5) is 31.5. The highest BCUT2D eigenvalue weighted by atomic mass is 16.5. The summed E-state index contributed by atoms with van der Waals surface area (Å²) in [5.74, 6) is -0.00816. The van der Waals surface area contributed by atoms with E-state index in [9.17, 15) is 9.59 Å². The Morgan fingerprint density at radius 1 is 1.26 bits per heavy atom. The molecule has 2 aliphatic rings. The Balaban J connectivity index is 1.59. The number of furan rings is 1. The second kappa shape index (κ2) is 9.90. The summed E-state index contributed by atoms with van der Waals surface area (Å²) < 4.78 is 10.1. The second-order valence-electron chi connectivity index (χ2n) is 7.48. The van der Waals surface area contributed by atoms with Crippen molar-refractivity contribution < 1.29 is 18.7 Å². The van der Waals surface area contributed by atoms with Crippen molar-refractivity contribution >= 4 is 11.8 Å². The molecular formula is C20H31N3O4. The predicted octanol–water partition coefficient (Wildman–Crippen LogP) is 1.85. The summed E-state index contributed by atoms with van der Waals surface area (Å²) in [6, 6.07) is 1.74. The number of hydrogen-bond acceptors (Lipinski definition) is 5. The fourth-order valence-corrected chi connectivity index (χ4v) is 4.15. The van der Waals surface area contributed by atoms with Gasteiger partial charge in [-0.2, -0.15) is 0 Å². The minimum absolute atomic E-state index is 0.0153. The first-order chi connectivity index (χ1) is 13.2. The first-order valence-electron chi connectivity index (χ1n) is 10.0. The van der Waals surface area contributed by atoms with Crippen LogP contribution in [0.2, 0.25) is 0 Å². The van der Waals surface area contributed by atoms with Crippen molar-refractivity contribution in [1.29, 1.82) is 0 Å². The van der Waals surface area contributed by atoms with Gasteiger partial charge >= 0.3 is 0 Å². The third-order valence-electron chi connectivity index (χ3n) is 5.55. The zero-order valence-corrected chi connectivity index (χ0v) is 16.3. The van der Waals surface area contributed by atoms with E-state index in [1.54, 1.807) is 13.2 Å². The summed E-state index contributed by atoms with van der Waals surface area (Å²) in [7, 11) is 1.55. The van der Waals surface area contributed by atoms with Crippen LogP contribution in [0, 0.1) is 0 Å². The first-order valence-corrected chi connectivity index (χ1v) is 10.0. The van der Waals surface area contributed by atoms with Crippen LogP contribution < -0.4 is 0 Å². The van der Waals surface area contributed by atoms with E-state index in [4.69, 9.17) is 9.15 Å². The van der Waals surface area contributed by atoms with Crippen LogP contribution in [0.3, 0.4) is 0 Å². The molecule has 0 radical (unpaired) electrons. The molecule has 7 heteroatoms. The summed E-state index contributed by atoms with van der Waals surface area (Å²) in [5, 5.41) is 0. The molecule has 0 bridgehead atoms. The maximum Gasteiger partial charge on any atom is 0.257 e. The molecule has 0 saturated carbocycles. The molecule has 1 aromatic rings. The summed E-state index contributed by atoms with van der Waals surface area (Å²) >= 11 is 0. The molecule has 0 spiro atoms. The maximum absolute atomic E-state index is 12.6. The summed E-state index contributed by atoms with van der Waals surface area (Å²) in [6.07, 6.45) is 8.34. The van der Waals surface area contributed by atoms with Gasteiger partial charge in [-0.1, -0.05) is 0 Å². The molecule has 0 aliphatic carbocycles. The Morgan fingerprint density at radius 2 is 2.07 bits per heavy atom. The van der Waals surface area contributed by atoms with Crippen LogP contribution in [0.15, 0.2) is 23.0 Å². The van der Waals surface area contributed by atoms with Crippen LogP contribution in [0.1, 0.15) is 42.5 Å². The Bertz CT molecular complexity index is 598. The van der Waals surface area contributed by atoms with Crippen LogP contribution >= 0.6 is 0 Å². The van der Waals surface area contributed by atoms with Crippen molar-refractivity contribution in [3.05, 3.63) is 24.2 Å². The molecule has 3 heterocycles. The van der Waals surface area contributed by atoms with Crippen LogP contribution in [-0.2, 0) is 9.53 Å². The second-order valence-corrected chi connectivity index (χ2v) is 7.48. The molecule has 1 unspecified atom stereocenters. The van der Waals surface area contributed by atoms with Gasteiger partial charge < -0.3 is 23.9 Å². The Kier molecular flexibility index (Phi) is 7.29. The van der Waals surface area contributed by atoms with Crippen molar-refractivity contribution in [3.63, 3.8) is 0 Å². The van der Waals surface area contributed by atoms with Gasteiger partial charge in [0.25, 0.3) is 5.91 Å². The zero-order chi connectivity index (χ0) is 19.1. The van der Waals surface area contributed by atoms with Gasteiger partial charge in [0, 0.05) is 32.8 Å². The van der Waals surface area contributed by atoms with Crippen molar-refractivity contribution in [2.24, 2.45) is 0 Å². The SMILES string of the molecule is COCC(=O)N(CCCN1CCCC1)C1CCCN(C(=O)c2ccoc2)C1. The highest BCUT2D eigenvalue weighted by molar-refractivity contribution is 5.94. The number of hydrogen-bond donors (Lipinski definition) is 0. The summed E-state index contributed by atoms with van der Waals surface area (Å²) in [5.41, 5.74) is 0.569. The van der Waals surface area contributed by atoms with Gasteiger partial charge in [-0.3, -0.25) is 9.59 Å². The van der Waals surface area contributed by atoms with Gasteiger partial charge in [0.15, 0.2) is 0 Å². The largest absolute Gasteiger partial charge is 0.472 e. The van der Waals surface area contributed by atoms with Gasteiger partial charge in [0.1, 0.15) is 12.9 Å². The van der Waals surface area contributed by atoms with E-state index >= 15 is 0 Å². The number of nitrogens with zero attached hydrogens (tertiary/aromatic N) is 3. The molecule has 1 atom stereocenters. The van der Waals surface area contributed by atoms with Crippen molar-refractivity contribution in [1.82, 2.24) is 14.7 Å². The number of piperidine rings is 1. The number of methoxy groups -OCH3 is 1. The number of ether oxygens (including phenoxy) is 1. The van der Waals surface area contributed by atoms with E-state index in [0.717, 1.165) is 38.9 Å². The van der Waals surface area contributed by atoms with Gasteiger partial charge in [-0.05, 0) is 57.8 Å². The lowest BCUT2D eigenvalue weighted by molar-refractivity contribution is -0.138. The quantitative estimate of drug-likeness (QED) is 0.692. The number of rotatable bonds is 8. The van der Waals surface area contributed by atoms with Crippen molar-refractivity contribution in [2.45, 2.75) is 38.1 Å². The van der Waals surface area contributed by atoms with E-state index in [1.165, 1.54) is 38.5 Å². The molecule has 2 amide bonds. The molecule has 150 valence electrons. The van der Waals surface area contributed by atoms with Crippen LogP contribution in [-0.4, -0.2) is 85.5 Å². The van der Waals surface area contributed by atoms with Gasteiger partial charge in [0.2, 0.25) is 5.91 Å². The fourth-order valence-electron chi connectivity index (χ4n) is 4.15. The normalized spacial score (nSPS) is 20.8. The van der Waals surface area contributed by atoms with E-state index < -0.39 is 0 Å². The van der Waals surface area contributed by atoms with Crippen LogP contribution in [0.25, 0.3) is 0 Å². The number of amides is 2. The predicted molar refractivity (Wildman–Crippen MR) is 102 cm³/mol. The average molecular weight is 377 g/mol. The number of carbonyl (C=O) groups is 2. The van der Waals surface area contributed by atoms with Crippen LogP contribution in [0.4, 0.5) is 0 Å². The third kappa shape index (κ3) is 5.32. The van der Waals surface area contributed by atoms with E-state index in [1.807, 2.05) is 9.80 Å². The Hall–Kier alpha value is -1.86. The van der Waals surface area contributed by atoms with E-state index in [2.05, 4.69) is 4.90 Å². The van der Waals surface area contributed by atoms with E-state index in [-0.39, 0.29) is 24.5 Å².